The Bertz CT molecular complexity index is 1000. The molecule has 1 saturated heterocycles. The van der Waals surface area contributed by atoms with E-state index in [4.69, 9.17) is 0 Å². The first-order valence-corrected chi connectivity index (χ1v) is 11.4. The second-order valence-corrected chi connectivity index (χ2v) is 9.13. The van der Waals surface area contributed by atoms with E-state index < -0.39 is 0 Å². The fourth-order valence-electron chi connectivity index (χ4n) is 4.53. The third kappa shape index (κ3) is 4.08. The maximum atomic E-state index is 12.8. The van der Waals surface area contributed by atoms with Gasteiger partial charge in [-0.05, 0) is 39.8 Å². The molecule has 4 nitrogen and oxygen atoms in total. The molecule has 2 aromatic carbocycles. The molecule has 1 amide bonds. The number of hydrogen-bond acceptors (Lipinski definition) is 4. The van der Waals surface area contributed by atoms with Gasteiger partial charge in [0.25, 0.3) is 0 Å². The predicted molar refractivity (Wildman–Crippen MR) is 119 cm³/mol. The molecule has 2 aliphatic heterocycles. The first-order valence-electron chi connectivity index (χ1n) is 10.5. The van der Waals surface area contributed by atoms with Crippen molar-refractivity contribution in [3.63, 3.8) is 0 Å². The molecule has 0 saturated carbocycles. The van der Waals surface area contributed by atoms with Crippen molar-refractivity contribution in [2.75, 3.05) is 39.3 Å². The van der Waals surface area contributed by atoms with E-state index in [9.17, 15) is 4.79 Å². The number of piperazine rings is 1. The second-order valence-electron chi connectivity index (χ2n) is 8.12. The van der Waals surface area contributed by atoms with Crippen LogP contribution in [0.3, 0.4) is 0 Å². The zero-order chi connectivity index (χ0) is 19.6. The predicted octanol–water partition coefficient (Wildman–Crippen LogP) is 3.60. The zero-order valence-corrected chi connectivity index (χ0v) is 17.5. The molecule has 5 heteroatoms. The number of rotatable bonds is 4. The monoisotopic (exact) mass is 405 g/mol. The molecule has 3 aromatic rings. The lowest BCUT2D eigenvalue weighted by Crippen LogP contribution is -2.50. The van der Waals surface area contributed by atoms with Crippen LogP contribution in [-0.4, -0.2) is 59.9 Å². The smallest absolute Gasteiger partial charge is 0.237 e. The SMILES string of the molecule is O=C(CN1CCN(Cc2cccc3ccccc23)CC1)N1CCc2sccc2C1. The van der Waals surface area contributed by atoms with E-state index in [2.05, 4.69) is 63.7 Å². The van der Waals surface area contributed by atoms with Crippen LogP contribution in [0.5, 0.6) is 0 Å². The van der Waals surface area contributed by atoms with Gasteiger partial charge in [-0.25, -0.2) is 0 Å². The van der Waals surface area contributed by atoms with Gasteiger partial charge in [-0.3, -0.25) is 14.6 Å². The highest BCUT2D eigenvalue weighted by atomic mass is 32.1. The highest BCUT2D eigenvalue weighted by Gasteiger charge is 2.25. The molecule has 29 heavy (non-hydrogen) atoms. The average molecular weight is 406 g/mol. The van der Waals surface area contributed by atoms with Crippen LogP contribution in [0.15, 0.2) is 53.9 Å². The molecule has 0 aliphatic carbocycles. The van der Waals surface area contributed by atoms with Crippen molar-refractivity contribution in [2.45, 2.75) is 19.5 Å². The minimum absolute atomic E-state index is 0.282. The minimum Gasteiger partial charge on any atom is -0.337 e. The summed E-state index contributed by atoms with van der Waals surface area (Å²) in [5.74, 6) is 0.282. The Balaban J connectivity index is 1.14. The van der Waals surface area contributed by atoms with Gasteiger partial charge in [-0.1, -0.05) is 42.5 Å². The van der Waals surface area contributed by atoms with Crippen LogP contribution >= 0.6 is 11.3 Å². The Kier molecular flexibility index (Phi) is 5.36. The van der Waals surface area contributed by atoms with Crippen molar-refractivity contribution in [2.24, 2.45) is 0 Å². The van der Waals surface area contributed by atoms with Gasteiger partial charge in [0, 0.05) is 50.7 Å². The van der Waals surface area contributed by atoms with Gasteiger partial charge in [-0.2, -0.15) is 0 Å². The van der Waals surface area contributed by atoms with Gasteiger partial charge in [0.15, 0.2) is 0 Å². The van der Waals surface area contributed by atoms with Crippen molar-refractivity contribution in [3.05, 3.63) is 69.9 Å². The van der Waals surface area contributed by atoms with E-state index in [1.165, 1.54) is 26.8 Å². The van der Waals surface area contributed by atoms with Gasteiger partial charge in [-0.15, -0.1) is 11.3 Å². The third-order valence-corrected chi connectivity index (χ3v) is 7.28. The third-order valence-electron chi connectivity index (χ3n) is 6.26. The molecule has 0 bridgehead atoms. The average Bonchev–Trinajstić information content (AvgIpc) is 3.23. The summed E-state index contributed by atoms with van der Waals surface area (Å²) in [7, 11) is 0. The van der Waals surface area contributed by atoms with Crippen molar-refractivity contribution in [1.29, 1.82) is 0 Å². The van der Waals surface area contributed by atoms with Crippen LogP contribution in [-0.2, 0) is 24.3 Å². The van der Waals surface area contributed by atoms with E-state index in [1.54, 1.807) is 0 Å². The summed E-state index contributed by atoms with van der Waals surface area (Å²) in [5.41, 5.74) is 2.74. The zero-order valence-electron chi connectivity index (χ0n) is 16.7. The fourth-order valence-corrected chi connectivity index (χ4v) is 5.42. The topological polar surface area (TPSA) is 26.8 Å². The second kappa shape index (κ2) is 8.27. The summed E-state index contributed by atoms with van der Waals surface area (Å²) in [6, 6.07) is 17.4. The van der Waals surface area contributed by atoms with Crippen molar-refractivity contribution in [3.8, 4) is 0 Å². The van der Waals surface area contributed by atoms with Crippen LogP contribution in [0.1, 0.15) is 16.0 Å². The number of hydrogen-bond donors (Lipinski definition) is 0. The molecular weight excluding hydrogens is 378 g/mol. The normalized spacial score (nSPS) is 18.1. The van der Waals surface area contributed by atoms with E-state index in [-0.39, 0.29) is 5.91 Å². The fraction of sp³-hybridized carbons (Fsp3) is 0.375. The summed E-state index contributed by atoms with van der Waals surface area (Å²) < 4.78 is 0. The van der Waals surface area contributed by atoms with Crippen molar-refractivity contribution in [1.82, 2.24) is 14.7 Å². The summed E-state index contributed by atoms with van der Waals surface area (Å²) >= 11 is 1.82. The number of thiophene rings is 1. The van der Waals surface area contributed by atoms with E-state index in [0.717, 1.165) is 52.2 Å². The minimum atomic E-state index is 0.282. The number of carbonyl (C=O) groups is 1. The summed E-state index contributed by atoms with van der Waals surface area (Å²) in [6.45, 7) is 7.17. The molecular formula is C24H27N3OS. The molecule has 0 atom stereocenters. The lowest BCUT2D eigenvalue weighted by molar-refractivity contribution is -0.133. The van der Waals surface area contributed by atoms with E-state index in [0.29, 0.717) is 6.54 Å². The number of benzene rings is 2. The Morgan fingerprint density at radius 2 is 1.69 bits per heavy atom. The first kappa shape index (κ1) is 18.8. The Labute approximate surface area is 176 Å². The molecule has 0 radical (unpaired) electrons. The molecule has 1 aromatic heterocycles. The Morgan fingerprint density at radius 3 is 2.59 bits per heavy atom. The maximum absolute atomic E-state index is 12.8. The van der Waals surface area contributed by atoms with Crippen molar-refractivity contribution >= 4 is 28.0 Å². The van der Waals surface area contributed by atoms with Crippen LogP contribution in [0, 0.1) is 0 Å². The number of nitrogens with zero attached hydrogens (tertiary/aromatic N) is 3. The van der Waals surface area contributed by atoms with Crippen LogP contribution in [0.2, 0.25) is 0 Å². The lowest BCUT2D eigenvalue weighted by atomic mass is 10.0. The molecule has 0 unspecified atom stereocenters. The van der Waals surface area contributed by atoms with Crippen LogP contribution in [0.25, 0.3) is 10.8 Å². The van der Waals surface area contributed by atoms with Gasteiger partial charge in [0.05, 0.1) is 6.54 Å². The van der Waals surface area contributed by atoms with E-state index >= 15 is 0 Å². The molecule has 5 rings (SSSR count). The standard InChI is InChI=1S/C24H27N3OS/c28-24(27-10-8-23-21(17-27)9-15-29-23)18-26-13-11-25(12-14-26)16-20-6-3-5-19-4-1-2-7-22(19)20/h1-7,9,15H,8,10-14,16-18H2. The molecule has 3 heterocycles. The maximum Gasteiger partial charge on any atom is 0.237 e. The Morgan fingerprint density at radius 1 is 0.897 bits per heavy atom. The molecule has 1 fully saturated rings. The number of fused-ring (bicyclic) bond motifs is 2. The van der Waals surface area contributed by atoms with Crippen LogP contribution < -0.4 is 0 Å². The number of amides is 1. The summed E-state index contributed by atoms with van der Waals surface area (Å²) in [4.78, 5) is 21.1. The highest BCUT2D eigenvalue weighted by Crippen LogP contribution is 2.24. The highest BCUT2D eigenvalue weighted by molar-refractivity contribution is 7.10. The molecule has 2 aliphatic rings. The van der Waals surface area contributed by atoms with Gasteiger partial charge in [0.2, 0.25) is 5.91 Å². The lowest BCUT2D eigenvalue weighted by Gasteiger charge is -2.36. The first-order chi connectivity index (χ1) is 14.3. The van der Waals surface area contributed by atoms with Gasteiger partial charge < -0.3 is 4.90 Å². The quantitative estimate of drug-likeness (QED) is 0.664. The molecule has 0 N–H and O–H groups in total. The van der Waals surface area contributed by atoms with Gasteiger partial charge >= 0.3 is 0 Å². The molecule has 150 valence electrons. The largest absolute Gasteiger partial charge is 0.337 e. The number of carbonyl (C=O) groups excluding carboxylic acids is 1. The van der Waals surface area contributed by atoms with E-state index in [1.807, 2.05) is 16.2 Å². The van der Waals surface area contributed by atoms with Crippen molar-refractivity contribution < 1.29 is 4.79 Å². The summed E-state index contributed by atoms with van der Waals surface area (Å²) in [5, 5.41) is 4.81. The van der Waals surface area contributed by atoms with Gasteiger partial charge in [0.1, 0.15) is 0 Å². The summed E-state index contributed by atoms with van der Waals surface area (Å²) in [6.07, 6.45) is 1.01. The molecule has 0 spiro atoms. The Hall–Kier alpha value is -2.21. The van der Waals surface area contributed by atoms with Crippen LogP contribution in [0.4, 0.5) is 0 Å².